The number of alkyl halides is 11. The fourth-order valence-electron chi connectivity index (χ4n) is 2.95. The molecule has 0 radical (unpaired) electrons. The Morgan fingerprint density at radius 1 is 0.936 bits per heavy atom. The minimum absolute atomic E-state index is 0.0115. The average Bonchev–Trinajstić information content (AvgIpc) is 2.97. The highest BCUT2D eigenvalue weighted by Gasteiger charge is 2.68. The molecule has 0 saturated carbocycles. The maximum Gasteiger partial charge on any atom is 0.766 e. The molecule has 0 rings (SSSR count). The van der Waals surface area contributed by atoms with Gasteiger partial charge in [0.2, 0.25) is 0 Å². The maximum absolute atomic E-state index is 13.9. The van der Waals surface area contributed by atoms with E-state index >= 15 is 0 Å². The fourth-order valence-corrected chi connectivity index (χ4v) is 4.47. The third-order valence-electron chi connectivity index (χ3n) is 5.50. The zero-order chi connectivity index (χ0) is 37.5. The van der Waals surface area contributed by atoms with Crippen LogP contribution in [0.15, 0.2) is 0 Å². The molecule has 0 aromatic heterocycles. The number of aliphatic hydroxyl groups excluding tert-OH is 1. The molecule has 2 atom stereocenters. The van der Waals surface area contributed by atoms with Gasteiger partial charge in [0.05, 0.1) is 26.9 Å². The quantitative estimate of drug-likeness (QED) is 0.106. The lowest BCUT2D eigenvalue weighted by molar-refractivity contribution is -0.432. The predicted octanol–water partition coefficient (Wildman–Crippen LogP) is 4.31. The first-order chi connectivity index (χ1) is 21.4. The van der Waals surface area contributed by atoms with Crippen molar-refractivity contribution in [2.24, 2.45) is 0 Å². The number of hydrogen-bond acceptors (Lipinski definition) is 10. The monoisotopic (exact) mass is 756 g/mol. The van der Waals surface area contributed by atoms with Crippen LogP contribution in [-0.2, 0) is 36.4 Å². The first-order valence-electron chi connectivity index (χ1n) is 13.5. The molecule has 0 saturated heterocycles. The zero-order valence-electron chi connectivity index (χ0n) is 26.7. The molecule has 0 aliphatic carbocycles. The van der Waals surface area contributed by atoms with E-state index in [2.05, 4.69) is 13.6 Å². The van der Waals surface area contributed by atoms with E-state index in [1.807, 2.05) is 13.5 Å². The number of carbonyl (C=O) groups is 1. The first-order valence-corrected chi connectivity index (χ1v) is 17.3. The van der Waals surface area contributed by atoms with Gasteiger partial charge in [-0.3, -0.25) is 14.2 Å². The summed E-state index contributed by atoms with van der Waals surface area (Å²) in [6.45, 7) is 1.42. The molecule has 0 aliphatic heterocycles. The average molecular weight is 757 g/mol. The van der Waals surface area contributed by atoms with E-state index in [1.165, 1.54) is 19.5 Å². The Kier molecular flexibility index (Phi) is 25.8. The number of unbranched alkanes of at least 4 members (excludes halogenated alkanes) is 1. The van der Waals surface area contributed by atoms with Crippen molar-refractivity contribution in [3.05, 3.63) is 0 Å². The minimum Gasteiger partial charge on any atom is -0.499 e. The summed E-state index contributed by atoms with van der Waals surface area (Å²) in [6.07, 6.45) is -15.9. The first kappa shape index (κ1) is 49.7. The van der Waals surface area contributed by atoms with Crippen molar-refractivity contribution in [3.8, 4) is 0 Å². The number of carbonyl (C=O) groups excluding carboxylic acids is 1. The fraction of sp³-hybridized carbons (Fsp3) is 0.957. The van der Waals surface area contributed by atoms with Crippen molar-refractivity contribution in [1.82, 2.24) is 10.2 Å². The standard InChI is InChI=1S/C19H35F7N2O6Si.C2H2F4.C2H6O3Si/c1-5-6-9-28(13-15(29)14-33-11-7-12-35(4,31-2)32-3)10-8-27-16(30)17(20,18(21,22)23)34-19(24,25)26;3-1-2(4,5)6;1-4-6(3)5-2/h15,29H,5-14H2,1-4H3,(H,27,30);1H2;1-2H3. The van der Waals surface area contributed by atoms with Crippen molar-refractivity contribution >= 4 is 23.6 Å². The smallest absolute Gasteiger partial charge is 0.499 e. The third-order valence-corrected chi connectivity index (χ3v) is 9.16. The molecule has 2 unspecified atom stereocenters. The number of ether oxygens (including phenoxy) is 2. The molecular formula is C23H43F11N2O9Si2. The van der Waals surface area contributed by atoms with Crippen molar-refractivity contribution in [3.63, 3.8) is 0 Å². The van der Waals surface area contributed by atoms with Gasteiger partial charge in [-0.05, 0) is 32.0 Å². The minimum atomic E-state index is -6.26. The normalized spacial score (nSPS) is 14.2. The molecule has 0 bridgehead atoms. The van der Waals surface area contributed by atoms with Gasteiger partial charge in [0, 0.05) is 40.5 Å². The number of aliphatic hydroxyl groups is 1. The molecule has 0 fully saturated rings. The molecule has 24 heteroatoms. The van der Waals surface area contributed by atoms with E-state index in [1.54, 1.807) is 19.1 Å². The van der Waals surface area contributed by atoms with E-state index in [9.17, 15) is 62.7 Å². The topological polar surface area (TPSA) is 125 Å². The lowest BCUT2D eigenvalue weighted by Gasteiger charge is -2.28. The van der Waals surface area contributed by atoms with Crippen LogP contribution in [0.4, 0.5) is 48.3 Å². The summed E-state index contributed by atoms with van der Waals surface area (Å²) < 4.78 is 167. The summed E-state index contributed by atoms with van der Waals surface area (Å²) in [5.41, 5.74) is 0. The Balaban J connectivity index is -0.00000135. The summed E-state index contributed by atoms with van der Waals surface area (Å²) >= 11 is 0. The van der Waals surface area contributed by atoms with Crippen LogP contribution in [0.1, 0.15) is 26.2 Å². The second-order valence-corrected chi connectivity index (χ2v) is 14.2. The Morgan fingerprint density at radius 2 is 1.45 bits per heavy atom. The van der Waals surface area contributed by atoms with Crippen molar-refractivity contribution < 1.29 is 89.8 Å². The maximum atomic E-state index is 13.9. The van der Waals surface area contributed by atoms with E-state index < -0.39 is 67.5 Å². The Hall–Kier alpha value is -1.71. The molecular weight excluding hydrogens is 713 g/mol. The number of rotatable bonds is 20. The van der Waals surface area contributed by atoms with Crippen molar-refractivity contribution in [2.75, 3.05) is 74.5 Å². The number of halogens is 11. The van der Waals surface area contributed by atoms with Gasteiger partial charge < -0.3 is 32.9 Å². The molecule has 0 heterocycles. The lowest BCUT2D eigenvalue weighted by atomic mass is 10.2. The van der Waals surface area contributed by atoms with Gasteiger partial charge in [0.25, 0.3) is 5.91 Å². The molecule has 11 nitrogen and oxygen atoms in total. The summed E-state index contributed by atoms with van der Waals surface area (Å²) in [6, 6.07) is 0.671. The van der Waals surface area contributed by atoms with Crippen LogP contribution in [-0.4, -0.2) is 139 Å². The summed E-state index contributed by atoms with van der Waals surface area (Å²) in [5.74, 6) is -8.21. The van der Waals surface area contributed by atoms with Gasteiger partial charge in [-0.25, -0.2) is 9.13 Å². The van der Waals surface area contributed by atoms with Crippen LogP contribution < -0.4 is 5.32 Å². The van der Waals surface area contributed by atoms with Crippen molar-refractivity contribution in [1.29, 1.82) is 0 Å². The van der Waals surface area contributed by atoms with E-state index in [-0.39, 0.29) is 19.7 Å². The largest absolute Gasteiger partial charge is 0.766 e. The van der Waals surface area contributed by atoms with Crippen LogP contribution >= 0.6 is 0 Å². The zero-order valence-corrected chi connectivity index (χ0v) is 28.7. The second kappa shape index (κ2) is 24.4. The van der Waals surface area contributed by atoms with Gasteiger partial charge in [0.15, 0.2) is 6.67 Å². The molecule has 0 aromatic rings. The highest BCUT2D eigenvalue weighted by atomic mass is 28.4. The molecule has 284 valence electrons. The van der Waals surface area contributed by atoms with Gasteiger partial charge in [-0.15, -0.1) is 13.2 Å². The Labute approximate surface area is 268 Å². The molecule has 0 spiro atoms. The molecule has 0 aromatic carbocycles. The third kappa shape index (κ3) is 25.9. The number of nitrogens with zero attached hydrogens (tertiary/aromatic N) is 1. The Bertz CT molecular complexity index is 836. The van der Waals surface area contributed by atoms with Gasteiger partial charge >= 0.3 is 42.3 Å². The van der Waals surface area contributed by atoms with Gasteiger partial charge in [-0.1, -0.05) is 13.3 Å². The van der Waals surface area contributed by atoms with E-state index in [4.69, 9.17) is 13.6 Å². The molecule has 2 N–H and O–H groups in total. The number of nitrogens with one attached hydrogen (secondary N) is 1. The van der Waals surface area contributed by atoms with Crippen LogP contribution in [0.3, 0.4) is 0 Å². The predicted molar refractivity (Wildman–Crippen MR) is 146 cm³/mol. The van der Waals surface area contributed by atoms with Crippen LogP contribution in [0.5, 0.6) is 0 Å². The highest BCUT2D eigenvalue weighted by molar-refractivity contribution is 6.65. The van der Waals surface area contributed by atoms with Crippen LogP contribution in [0, 0.1) is 0 Å². The lowest BCUT2D eigenvalue weighted by Crippen LogP contribution is -2.58. The van der Waals surface area contributed by atoms with Gasteiger partial charge in [-0.2, -0.15) is 30.7 Å². The summed E-state index contributed by atoms with van der Waals surface area (Å²) in [4.78, 5) is 13.2. The van der Waals surface area contributed by atoms with E-state index in [0.29, 0.717) is 32.0 Å². The SMILES string of the molecule is CCCCN(CCNC(=O)C(F)(OC(F)(F)F)C(F)(F)F)CC(O)COCCC[Si](C)(OC)OC.CO[Si](=O)OC.FCC(F)(F)F. The molecule has 1 amide bonds. The van der Waals surface area contributed by atoms with Crippen LogP contribution in [0.25, 0.3) is 0 Å². The second-order valence-electron chi connectivity index (χ2n) is 9.33. The number of amides is 1. The summed E-state index contributed by atoms with van der Waals surface area (Å²) in [5, 5.41) is 11.7. The highest BCUT2D eigenvalue weighted by Crippen LogP contribution is 2.39. The number of hydrogen-bond donors (Lipinski definition) is 2. The Morgan fingerprint density at radius 3 is 1.81 bits per heavy atom. The van der Waals surface area contributed by atoms with E-state index in [0.717, 1.165) is 6.42 Å². The summed E-state index contributed by atoms with van der Waals surface area (Å²) in [7, 11) is 1.45. The molecule has 47 heavy (non-hydrogen) atoms. The van der Waals surface area contributed by atoms with Crippen molar-refractivity contribution in [2.45, 2.75) is 69.5 Å². The van der Waals surface area contributed by atoms with Crippen LogP contribution in [0.2, 0.25) is 12.6 Å². The molecule has 0 aliphatic rings. The van der Waals surface area contributed by atoms with Gasteiger partial charge in [0.1, 0.15) is 0 Å².